The molecule has 234 valence electrons. The monoisotopic (exact) mass is 646 g/mol. The van der Waals surface area contributed by atoms with Gasteiger partial charge in [0.2, 0.25) is 0 Å². The number of hydrogen-bond acceptors (Lipinski definition) is 9. The Bertz CT molecular complexity index is 1810. The van der Waals surface area contributed by atoms with E-state index in [0.29, 0.717) is 16.4 Å². The number of ketones is 2. The topological polar surface area (TPSA) is 127 Å². The molecule has 0 aliphatic heterocycles. The number of fused-ring (bicyclic) bond motifs is 2. The van der Waals surface area contributed by atoms with Crippen molar-refractivity contribution < 1.29 is 38.9 Å². The molecular weight excluding hydrogens is 613 g/mol. The number of carbonyl (C=O) groups excluding carboxylic acids is 3. The zero-order chi connectivity index (χ0) is 32.6. The van der Waals surface area contributed by atoms with E-state index in [1.807, 2.05) is 75.4 Å². The highest BCUT2D eigenvalue weighted by Gasteiger charge is 2.19. The molecule has 2 aromatic heterocycles. The quantitative estimate of drug-likeness (QED) is 0.108. The summed E-state index contributed by atoms with van der Waals surface area (Å²) in [6.07, 6.45) is 0.0986. The Balaban J connectivity index is 0.000000231. The zero-order valence-electron chi connectivity index (χ0n) is 25.2. The maximum Gasteiger partial charge on any atom is 0.306 e. The summed E-state index contributed by atoms with van der Waals surface area (Å²) in [4.78, 5) is 47.5. The maximum absolute atomic E-state index is 12.5. The third-order valence-corrected chi connectivity index (χ3v) is 8.61. The van der Waals surface area contributed by atoms with Crippen molar-refractivity contribution in [1.29, 1.82) is 0 Å². The second-order valence-corrected chi connectivity index (χ2v) is 13.4. The summed E-state index contributed by atoms with van der Waals surface area (Å²) < 4.78 is 12.9. The summed E-state index contributed by atoms with van der Waals surface area (Å²) in [5.41, 5.74) is 0.570. The molecule has 0 aliphatic carbocycles. The highest BCUT2D eigenvalue weighted by atomic mass is 32.1. The fraction of sp³-hybridized carbons (Fsp3) is 0.257. The van der Waals surface area contributed by atoms with Crippen molar-refractivity contribution in [2.75, 3.05) is 0 Å². The summed E-state index contributed by atoms with van der Waals surface area (Å²) in [7, 11) is 0. The number of aromatic hydroxyl groups is 1. The molecule has 0 radical (unpaired) electrons. The first kappa shape index (κ1) is 33.4. The van der Waals surface area contributed by atoms with Crippen LogP contribution in [0.1, 0.15) is 71.4 Å². The lowest BCUT2D eigenvalue weighted by atomic mass is 10.1. The van der Waals surface area contributed by atoms with Gasteiger partial charge < -0.3 is 19.7 Å². The number of Topliss-reactive ketones (excluding diaryl/α,β-unsaturated/α-hetero) is 2. The molecule has 5 rings (SSSR count). The standard InChI is InChI=1S/C23H24O4S.C12H10O4S/c1-23(2,3)27-22(25)12-11-19(24)21-13-17-9-10-18(14-20(17)28-21)26-15-16-7-5-4-6-8-16;13-8-2-1-7-5-11(17-10(7)6-8)9(14)3-4-12(15)16/h4-10,13-14H,11-12,15H2,1-3H3;1-2,5-6,13H,3-4H2,(H,15,16). The molecule has 0 saturated heterocycles. The molecule has 0 saturated carbocycles. The molecule has 5 aromatic rings. The number of ether oxygens (including phenoxy) is 2. The fourth-order valence-corrected chi connectivity index (χ4v) is 6.33. The van der Waals surface area contributed by atoms with Gasteiger partial charge in [0.15, 0.2) is 11.6 Å². The van der Waals surface area contributed by atoms with E-state index in [0.717, 1.165) is 31.5 Å². The van der Waals surface area contributed by atoms with E-state index in [1.165, 1.54) is 22.7 Å². The van der Waals surface area contributed by atoms with Crippen LogP contribution in [0.5, 0.6) is 11.5 Å². The van der Waals surface area contributed by atoms with E-state index in [1.54, 1.807) is 24.3 Å². The number of carboxylic acids is 1. The molecule has 10 heteroatoms. The molecule has 0 fully saturated rings. The van der Waals surface area contributed by atoms with Gasteiger partial charge in [-0.1, -0.05) is 30.3 Å². The summed E-state index contributed by atoms with van der Waals surface area (Å²) >= 11 is 2.69. The van der Waals surface area contributed by atoms with Crippen LogP contribution in [-0.2, 0) is 20.9 Å². The Labute approximate surface area is 268 Å². The number of phenols is 1. The van der Waals surface area contributed by atoms with E-state index < -0.39 is 11.6 Å². The first-order valence-corrected chi connectivity index (χ1v) is 15.9. The number of benzene rings is 3. The first-order valence-electron chi connectivity index (χ1n) is 14.3. The van der Waals surface area contributed by atoms with Crippen LogP contribution in [0.4, 0.5) is 0 Å². The van der Waals surface area contributed by atoms with Crippen LogP contribution in [0, 0.1) is 0 Å². The van der Waals surface area contributed by atoms with Gasteiger partial charge in [-0.15, -0.1) is 22.7 Å². The van der Waals surface area contributed by atoms with Crippen molar-refractivity contribution in [3.63, 3.8) is 0 Å². The van der Waals surface area contributed by atoms with Crippen LogP contribution in [0.25, 0.3) is 20.2 Å². The van der Waals surface area contributed by atoms with Crippen molar-refractivity contribution in [1.82, 2.24) is 0 Å². The molecule has 3 aromatic carbocycles. The predicted molar refractivity (Wildman–Crippen MR) is 177 cm³/mol. The third kappa shape index (κ3) is 10.3. The molecule has 0 amide bonds. The molecule has 2 N–H and O–H groups in total. The zero-order valence-corrected chi connectivity index (χ0v) is 26.8. The van der Waals surface area contributed by atoms with Gasteiger partial charge in [0.1, 0.15) is 23.7 Å². The fourth-order valence-electron chi connectivity index (χ4n) is 4.21. The predicted octanol–water partition coefficient (Wildman–Crippen LogP) is 8.44. The second-order valence-electron chi connectivity index (χ2n) is 11.2. The average Bonchev–Trinajstić information content (AvgIpc) is 3.61. The third-order valence-electron chi connectivity index (χ3n) is 6.34. The average molecular weight is 647 g/mol. The highest BCUT2D eigenvalue weighted by Crippen LogP contribution is 2.31. The Hall–Kier alpha value is -4.54. The summed E-state index contributed by atoms with van der Waals surface area (Å²) in [5, 5.41) is 19.7. The van der Waals surface area contributed by atoms with Crippen molar-refractivity contribution in [2.24, 2.45) is 0 Å². The van der Waals surface area contributed by atoms with Crippen LogP contribution in [0.15, 0.2) is 78.9 Å². The molecule has 0 spiro atoms. The normalized spacial score (nSPS) is 11.1. The van der Waals surface area contributed by atoms with E-state index >= 15 is 0 Å². The minimum absolute atomic E-state index is 0.00807. The van der Waals surface area contributed by atoms with Gasteiger partial charge in [-0.3, -0.25) is 19.2 Å². The molecule has 2 heterocycles. The highest BCUT2D eigenvalue weighted by molar-refractivity contribution is 7.21. The molecule has 0 aliphatic rings. The van der Waals surface area contributed by atoms with E-state index in [-0.39, 0.29) is 49.0 Å². The molecular formula is C35H34O8S2. The first-order chi connectivity index (χ1) is 21.4. The second kappa shape index (κ2) is 15.0. The number of hydrogen-bond donors (Lipinski definition) is 2. The number of phenolic OH excluding ortho intramolecular Hbond substituents is 1. The van der Waals surface area contributed by atoms with Crippen molar-refractivity contribution in [2.45, 2.75) is 58.7 Å². The number of carbonyl (C=O) groups is 4. The van der Waals surface area contributed by atoms with Crippen LogP contribution >= 0.6 is 22.7 Å². The number of thiophene rings is 2. The van der Waals surface area contributed by atoms with E-state index in [9.17, 15) is 24.3 Å². The SMILES string of the molecule is CC(C)(C)OC(=O)CCC(=O)c1cc2ccc(OCc3ccccc3)cc2s1.O=C(O)CCC(=O)c1cc2ccc(O)cc2s1. The lowest BCUT2D eigenvalue weighted by molar-refractivity contribution is -0.154. The van der Waals surface area contributed by atoms with Gasteiger partial charge >= 0.3 is 11.9 Å². The molecule has 0 unspecified atom stereocenters. The van der Waals surface area contributed by atoms with Crippen LogP contribution in [0.3, 0.4) is 0 Å². The van der Waals surface area contributed by atoms with Crippen molar-refractivity contribution in [3.8, 4) is 11.5 Å². The van der Waals surface area contributed by atoms with Gasteiger partial charge in [0.25, 0.3) is 0 Å². The van der Waals surface area contributed by atoms with Crippen LogP contribution < -0.4 is 4.74 Å². The smallest absolute Gasteiger partial charge is 0.306 e. The van der Waals surface area contributed by atoms with Gasteiger partial charge in [-0.05, 0) is 85.6 Å². The van der Waals surface area contributed by atoms with Crippen LogP contribution in [0.2, 0.25) is 0 Å². The van der Waals surface area contributed by atoms with Gasteiger partial charge in [-0.25, -0.2) is 0 Å². The lowest BCUT2D eigenvalue weighted by Gasteiger charge is -2.19. The number of esters is 1. The summed E-state index contributed by atoms with van der Waals surface area (Å²) in [5.74, 6) is -0.614. The largest absolute Gasteiger partial charge is 0.508 e. The van der Waals surface area contributed by atoms with Gasteiger partial charge in [-0.2, -0.15) is 0 Å². The van der Waals surface area contributed by atoms with Gasteiger partial charge in [0.05, 0.1) is 22.6 Å². The molecule has 0 bridgehead atoms. The van der Waals surface area contributed by atoms with E-state index in [4.69, 9.17) is 14.6 Å². The lowest BCUT2D eigenvalue weighted by Crippen LogP contribution is -2.24. The molecule has 8 nitrogen and oxygen atoms in total. The minimum Gasteiger partial charge on any atom is -0.508 e. The number of aliphatic carboxylic acids is 1. The number of carboxylic acid groups (broad SMARTS) is 1. The van der Waals surface area contributed by atoms with Crippen molar-refractivity contribution >= 4 is 66.4 Å². The van der Waals surface area contributed by atoms with Crippen molar-refractivity contribution in [3.05, 3.63) is 94.2 Å². The molecule has 45 heavy (non-hydrogen) atoms. The Morgan fingerprint density at radius 1 is 0.711 bits per heavy atom. The van der Waals surface area contributed by atoms with Gasteiger partial charge in [0, 0.05) is 22.2 Å². The summed E-state index contributed by atoms with van der Waals surface area (Å²) in [6, 6.07) is 24.3. The van der Waals surface area contributed by atoms with E-state index in [2.05, 4.69) is 0 Å². The number of rotatable bonds is 11. The minimum atomic E-state index is -0.975. The molecule has 0 atom stereocenters. The Morgan fingerprint density at radius 2 is 1.29 bits per heavy atom. The Kier molecular flexibility index (Phi) is 11.1. The van der Waals surface area contributed by atoms with Crippen LogP contribution in [-0.4, -0.2) is 39.3 Å². The maximum atomic E-state index is 12.5. The summed E-state index contributed by atoms with van der Waals surface area (Å²) in [6.45, 7) is 5.95. The Morgan fingerprint density at radius 3 is 1.89 bits per heavy atom.